The summed E-state index contributed by atoms with van der Waals surface area (Å²) in [5, 5.41) is 3.26. The van der Waals surface area contributed by atoms with Crippen molar-refractivity contribution in [3.05, 3.63) is 0 Å². The van der Waals surface area contributed by atoms with E-state index in [1.807, 2.05) is 0 Å². The van der Waals surface area contributed by atoms with E-state index in [2.05, 4.69) is 29.1 Å². The average Bonchev–Trinajstić information content (AvgIpc) is 2.89. The summed E-state index contributed by atoms with van der Waals surface area (Å²) in [5.41, 5.74) is 0. The second-order valence-corrected chi connectivity index (χ2v) is 6.23. The molecule has 0 aliphatic carbocycles. The lowest BCUT2D eigenvalue weighted by atomic mass is 9.95. The summed E-state index contributed by atoms with van der Waals surface area (Å²) in [6.07, 6.45) is 6.98. The molecule has 2 rings (SSSR count). The Morgan fingerprint density at radius 3 is 2.39 bits per heavy atom. The van der Waals surface area contributed by atoms with E-state index in [1.54, 1.807) is 0 Å². The van der Waals surface area contributed by atoms with E-state index in [9.17, 15) is 0 Å². The van der Waals surface area contributed by atoms with Gasteiger partial charge in [-0.25, -0.2) is 0 Å². The molecule has 2 fully saturated rings. The minimum Gasteiger partial charge on any atom is -0.320 e. The van der Waals surface area contributed by atoms with E-state index in [1.165, 1.54) is 64.8 Å². The second-order valence-electron chi connectivity index (χ2n) is 6.23. The molecule has 106 valence electrons. The number of hydrogen-bond acceptors (Lipinski definition) is 3. The molecular weight excluding hydrogens is 222 g/mol. The highest BCUT2D eigenvalue weighted by molar-refractivity contribution is 4.79. The SMILES string of the molecule is CNCCC(C)N1CCC(CN2CCCC2)CC1. The molecule has 1 atom stereocenters. The first-order valence-electron chi connectivity index (χ1n) is 7.90. The van der Waals surface area contributed by atoms with Crippen LogP contribution >= 0.6 is 0 Å². The number of hydrogen-bond donors (Lipinski definition) is 1. The Labute approximate surface area is 113 Å². The largest absolute Gasteiger partial charge is 0.320 e. The summed E-state index contributed by atoms with van der Waals surface area (Å²) in [5.74, 6) is 0.968. The number of rotatable bonds is 6. The maximum atomic E-state index is 3.26. The first-order chi connectivity index (χ1) is 8.79. The zero-order chi connectivity index (χ0) is 12.8. The van der Waals surface area contributed by atoms with Crippen molar-refractivity contribution >= 4 is 0 Å². The van der Waals surface area contributed by atoms with E-state index in [0.29, 0.717) is 0 Å². The summed E-state index contributed by atoms with van der Waals surface area (Å²) < 4.78 is 0. The molecule has 1 unspecified atom stereocenters. The van der Waals surface area contributed by atoms with Crippen molar-refractivity contribution < 1.29 is 0 Å². The maximum absolute atomic E-state index is 3.26. The molecule has 2 heterocycles. The van der Waals surface area contributed by atoms with E-state index in [0.717, 1.165) is 18.5 Å². The van der Waals surface area contributed by atoms with Crippen LogP contribution in [0.4, 0.5) is 0 Å². The lowest BCUT2D eigenvalue weighted by molar-refractivity contribution is 0.118. The molecule has 3 heteroatoms. The van der Waals surface area contributed by atoms with Gasteiger partial charge in [0.05, 0.1) is 0 Å². The number of piperidine rings is 1. The molecule has 0 aromatic carbocycles. The summed E-state index contributed by atoms with van der Waals surface area (Å²) in [4.78, 5) is 5.38. The van der Waals surface area contributed by atoms with Crippen LogP contribution in [-0.4, -0.2) is 62.2 Å². The number of nitrogens with one attached hydrogen (secondary N) is 1. The highest BCUT2D eigenvalue weighted by Crippen LogP contribution is 2.22. The molecule has 1 N–H and O–H groups in total. The molecule has 0 spiro atoms. The second kappa shape index (κ2) is 7.46. The summed E-state index contributed by atoms with van der Waals surface area (Å²) in [6.45, 7) is 10.3. The standard InChI is InChI=1S/C15H31N3/c1-14(5-8-16-2)18-11-6-15(7-12-18)13-17-9-3-4-10-17/h14-16H,3-13H2,1-2H3. The Morgan fingerprint density at radius 1 is 1.11 bits per heavy atom. The zero-order valence-electron chi connectivity index (χ0n) is 12.3. The van der Waals surface area contributed by atoms with Gasteiger partial charge in [0.15, 0.2) is 0 Å². The van der Waals surface area contributed by atoms with Gasteiger partial charge in [0, 0.05) is 12.6 Å². The highest BCUT2D eigenvalue weighted by Gasteiger charge is 2.24. The van der Waals surface area contributed by atoms with Gasteiger partial charge in [0.2, 0.25) is 0 Å². The van der Waals surface area contributed by atoms with Crippen molar-refractivity contribution in [1.29, 1.82) is 0 Å². The van der Waals surface area contributed by atoms with E-state index in [4.69, 9.17) is 0 Å². The van der Waals surface area contributed by atoms with Crippen LogP contribution in [0.3, 0.4) is 0 Å². The van der Waals surface area contributed by atoms with Gasteiger partial charge in [0.1, 0.15) is 0 Å². The van der Waals surface area contributed by atoms with Crippen molar-refractivity contribution in [2.75, 3.05) is 46.3 Å². The Bertz CT molecular complexity index is 218. The van der Waals surface area contributed by atoms with Gasteiger partial charge in [-0.3, -0.25) is 0 Å². The lowest BCUT2D eigenvalue weighted by Crippen LogP contribution is -2.43. The van der Waals surface area contributed by atoms with Gasteiger partial charge >= 0.3 is 0 Å². The Hall–Kier alpha value is -0.120. The fourth-order valence-corrected chi connectivity index (χ4v) is 3.44. The molecule has 0 bridgehead atoms. The quantitative estimate of drug-likeness (QED) is 0.778. The first kappa shape index (κ1) is 14.3. The van der Waals surface area contributed by atoms with Crippen LogP contribution in [0, 0.1) is 5.92 Å². The van der Waals surface area contributed by atoms with Crippen LogP contribution in [0.1, 0.15) is 39.0 Å². The lowest BCUT2D eigenvalue weighted by Gasteiger charge is -2.37. The Kier molecular flexibility index (Phi) is 5.93. The first-order valence-corrected chi connectivity index (χ1v) is 7.90. The van der Waals surface area contributed by atoms with E-state index < -0.39 is 0 Å². The van der Waals surface area contributed by atoms with E-state index in [-0.39, 0.29) is 0 Å². The van der Waals surface area contributed by atoms with Crippen molar-refractivity contribution in [3.8, 4) is 0 Å². The van der Waals surface area contributed by atoms with Crippen molar-refractivity contribution in [1.82, 2.24) is 15.1 Å². The highest BCUT2D eigenvalue weighted by atomic mass is 15.2. The van der Waals surface area contributed by atoms with Crippen LogP contribution < -0.4 is 5.32 Å². The Morgan fingerprint density at radius 2 is 1.78 bits per heavy atom. The number of nitrogens with zero attached hydrogens (tertiary/aromatic N) is 2. The summed E-state index contributed by atoms with van der Waals surface area (Å²) in [6, 6.07) is 0.755. The minimum absolute atomic E-state index is 0.755. The van der Waals surface area contributed by atoms with Crippen molar-refractivity contribution in [2.45, 2.75) is 45.1 Å². The van der Waals surface area contributed by atoms with Gasteiger partial charge in [0.25, 0.3) is 0 Å². The maximum Gasteiger partial charge on any atom is 0.00790 e. The van der Waals surface area contributed by atoms with Crippen molar-refractivity contribution in [3.63, 3.8) is 0 Å². The van der Waals surface area contributed by atoms with E-state index >= 15 is 0 Å². The van der Waals surface area contributed by atoms with Crippen LogP contribution in [-0.2, 0) is 0 Å². The molecule has 0 amide bonds. The van der Waals surface area contributed by atoms with Gasteiger partial charge < -0.3 is 15.1 Å². The van der Waals surface area contributed by atoms with Crippen LogP contribution in [0.2, 0.25) is 0 Å². The molecule has 0 radical (unpaired) electrons. The van der Waals surface area contributed by atoms with Crippen LogP contribution in [0.15, 0.2) is 0 Å². The molecular formula is C15H31N3. The normalized spacial score (nSPS) is 25.7. The third kappa shape index (κ3) is 4.22. The summed E-state index contributed by atoms with van der Waals surface area (Å²) in [7, 11) is 2.05. The predicted molar refractivity (Wildman–Crippen MR) is 78.0 cm³/mol. The third-order valence-corrected chi connectivity index (χ3v) is 4.80. The third-order valence-electron chi connectivity index (χ3n) is 4.80. The topological polar surface area (TPSA) is 18.5 Å². The monoisotopic (exact) mass is 253 g/mol. The minimum atomic E-state index is 0.755. The van der Waals surface area contributed by atoms with Crippen LogP contribution in [0.5, 0.6) is 0 Å². The van der Waals surface area contributed by atoms with Crippen molar-refractivity contribution in [2.24, 2.45) is 5.92 Å². The van der Waals surface area contributed by atoms with Gasteiger partial charge in [-0.05, 0) is 84.7 Å². The summed E-state index contributed by atoms with van der Waals surface area (Å²) >= 11 is 0. The fourth-order valence-electron chi connectivity index (χ4n) is 3.44. The smallest absolute Gasteiger partial charge is 0.00790 e. The zero-order valence-corrected chi connectivity index (χ0v) is 12.3. The molecule has 2 aliphatic rings. The molecule has 3 nitrogen and oxygen atoms in total. The predicted octanol–water partition coefficient (Wildman–Crippen LogP) is 1.79. The van der Waals surface area contributed by atoms with Crippen LogP contribution in [0.25, 0.3) is 0 Å². The van der Waals surface area contributed by atoms with Gasteiger partial charge in [-0.15, -0.1) is 0 Å². The molecule has 0 saturated carbocycles. The Balaban J connectivity index is 1.64. The van der Waals surface area contributed by atoms with Gasteiger partial charge in [-0.1, -0.05) is 0 Å². The fraction of sp³-hybridized carbons (Fsp3) is 1.00. The molecule has 0 aromatic rings. The molecule has 2 saturated heterocycles. The van der Waals surface area contributed by atoms with Gasteiger partial charge in [-0.2, -0.15) is 0 Å². The average molecular weight is 253 g/mol. The molecule has 18 heavy (non-hydrogen) atoms. The molecule has 0 aromatic heterocycles. The number of likely N-dealkylation sites (tertiary alicyclic amines) is 2. The molecule has 2 aliphatic heterocycles.